The van der Waals surface area contributed by atoms with Crippen molar-refractivity contribution in [2.45, 2.75) is 58.0 Å². The summed E-state index contributed by atoms with van der Waals surface area (Å²) in [5.41, 5.74) is -0.530. The van der Waals surface area contributed by atoms with Gasteiger partial charge in [0, 0.05) is 19.0 Å². The minimum atomic E-state index is -0.530. The molecule has 0 bridgehead atoms. The van der Waals surface area contributed by atoms with Crippen molar-refractivity contribution in [3.05, 3.63) is 5.01 Å². The Labute approximate surface area is 145 Å². The van der Waals surface area contributed by atoms with Crippen molar-refractivity contribution >= 4 is 28.5 Å². The Balaban J connectivity index is 1.55. The van der Waals surface area contributed by atoms with Gasteiger partial charge in [0.15, 0.2) is 0 Å². The van der Waals surface area contributed by atoms with Gasteiger partial charge in [0.05, 0.1) is 5.92 Å². The molecule has 1 saturated heterocycles. The highest BCUT2D eigenvalue weighted by molar-refractivity contribution is 7.15. The first kappa shape index (κ1) is 17.1. The number of amides is 2. The molecule has 132 valence electrons. The van der Waals surface area contributed by atoms with Gasteiger partial charge in [0.25, 0.3) is 0 Å². The fraction of sp³-hybridized carbons (Fsp3) is 0.750. The summed E-state index contributed by atoms with van der Waals surface area (Å²) >= 11 is 1.45. The van der Waals surface area contributed by atoms with Crippen LogP contribution in [-0.2, 0) is 9.53 Å². The number of carbonyl (C=O) groups is 2. The number of aromatic nitrogens is 2. The van der Waals surface area contributed by atoms with Crippen molar-refractivity contribution in [3.8, 4) is 0 Å². The second-order valence-electron chi connectivity index (χ2n) is 7.47. The summed E-state index contributed by atoms with van der Waals surface area (Å²) in [6.07, 6.45) is 3.53. The normalized spacial score (nSPS) is 21.5. The quantitative estimate of drug-likeness (QED) is 0.904. The molecule has 0 aromatic carbocycles. The van der Waals surface area contributed by atoms with Crippen molar-refractivity contribution in [2.24, 2.45) is 5.92 Å². The zero-order valence-electron chi connectivity index (χ0n) is 14.4. The first-order valence-corrected chi connectivity index (χ1v) is 9.25. The Morgan fingerprint density at radius 3 is 2.67 bits per heavy atom. The number of carbonyl (C=O) groups excluding carboxylic acids is 2. The number of nitrogens with zero attached hydrogens (tertiary/aromatic N) is 3. The largest absolute Gasteiger partial charge is 0.444 e. The molecular formula is C16H24N4O3S. The zero-order chi connectivity index (χ0) is 17.3. The summed E-state index contributed by atoms with van der Waals surface area (Å²) in [4.78, 5) is 26.3. The topological polar surface area (TPSA) is 84.4 Å². The molecule has 2 amide bonds. The molecule has 0 radical (unpaired) electrons. The van der Waals surface area contributed by atoms with Crippen molar-refractivity contribution in [1.82, 2.24) is 15.1 Å². The number of likely N-dealkylation sites (tertiary alicyclic amines) is 1. The Kier molecular flexibility index (Phi) is 4.76. The third kappa shape index (κ3) is 4.43. The van der Waals surface area contributed by atoms with E-state index in [2.05, 4.69) is 15.5 Å². The molecule has 2 aliphatic rings. The average Bonchev–Trinajstić information content (AvgIpc) is 3.26. The fourth-order valence-electron chi connectivity index (χ4n) is 2.67. The molecule has 3 rings (SSSR count). The molecule has 1 aliphatic carbocycles. The van der Waals surface area contributed by atoms with Crippen LogP contribution in [0.4, 0.5) is 9.93 Å². The Morgan fingerprint density at radius 1 is 1.25 bits per heavy atom. The molecule has 0 spiro atoms. The third-order valence-electron chi connectivity index (χ3n) is 4.04. The van der Waals surface area contributed by atoms with Gasteiger partial charge < -0.3 is 15.0 Å². The molecule has 2 heterocycles. The van der Waals surface area contributed by atoms with Crippen molar-refractivity contribution < 1.29 is 14.3 Å². The number of hydrogen-bond acceptors (Lipinski definition) is 6. The van der Waals surface area contributed by atoms with Gasteiger partial charge in [-0.1, -0.05) is 11.3 Å². The van der Waals surface area contributed by atoms with Crippen LogP contribution in [0.2, 0.25) is 0 Å². The van der Waals surface area contributed by atoms with E-state index in [1.807, 2.05) is 20.8 Å². The van der Waals surface area contributed by atoms with Gasteiger partial charge in [-0.25, -0.2) is 4.79 Å². The Bertz CT molecular complexity index is 621. The van der Waals surface area contributed by atoms with Crippen molar-refractivity contribution in [2.75, 3.05) is 18.4 Å². The van der Waals surface area contributed by atoms with Gasteiger partial charge in [-0.05, 0) is 46.5 Å². The van der Waals surface area contributed by atoms with E-state index >= 15 is 0 Å². The molecule has 1 N–H and O–H groups in total. The highest BCUT2D eigenvalue weighted by Crippen LogP contribution is 2.42. The fourth-order valence-corrected chi connectivity index (χ4v) is 3.59. The number of nitrogens with one attached hydrogen (secondary N) is 1. The van der Waals surface area contributed by atoms with Crippen LogP contribution in [0.5, 0.6) is 0 Å². The summed E-state index contributed by atoms with van der Waals surface area (Å²) in [7, 11) is 0. The number of hydrogen-bond donors (Lipinski definition) is 1. The van der Waals surface area contributed by atoms with Crippen LogP contribution >= 0.6 is 11.3 Å². The number of rotatable bonds is 3. The van der Waals surface area contributed by atoms with Crippen molar-refractivity contribution in [3.63, 3.8) is 0 Å². The lowest BCUT2D eigenvalue weighted by Gasteiger charge is -2.33. The summed E-state index contributed by atoms with van der Waals surface area (Å²) in [6, 6.07) is 0. The molecule has 7 nitrogen and oxygen atoms in total. The molecule has 1 aliphatic heterocycles. The van der Waals surface area contributed by atoms with Crippen LogP contribution in [0.3, 0.4) is 0 Å². The van der Waals surface area contributed by atoms with E-state index in [1.165, 1.54) is 11.3 Å². The standard InChI is InChI=1S/C16H24N4O3S/c1-16(2,3)23-15(22)20-8-4-5-11(9-20)12(21)17-14-19-18-13(24-14)10-6-7-10/h10-11H,4-9H2,1-3H3,(H,17,19,21)/t11-/m0/s1. The first-order valence-electron chi connectivity index (χ1n) is 8.44. The lowest BCUT2D eigenvalue weighted by Crippen LogP contribution is -2.45. The minimum absolute atomic E-state index is 0.0956. The monoisotopic (exact) mass is 352 g/mol. The summed E-state index contributed by atoms with van der Waals surface area (Å²) in [5, 5.41) is 12.6. The van der Waals surface area contributed by atoms with Gasteiger partial charge >= 0.3 is 6.09 Å². The van der Waals surface area contributed by atoms with Crippen LogP contribution < -0.4 is 5.32 Å². The van der Waals surface area contributed by atoms with Crippen LogP contribution in [0.25, 0.3) is 0 Å². The molecule has 2 fully saturated rings. The number of ether oxygens (including phenoxy) is 1. The van der Waals surface area contributed by atoms with Crippen molar-refractivity contribution in [1.29, 1.82) is 0 Å². The lowest BCUT2D eigenvalue weighted by atomic mass is 9.97. The van der Waals surface area contributed by atoms with Gasteiger partial charge in [-0.15, -0.1) is 10.2 Å². The molecule has 8 heteroatoms. The smallest absolute Gasteiger partial charge is 0.410 e. The van der Waals surface area contributed by atoms with E-state index in [0.717, 1.165) is 30.7 Å². The molecule has 24 heavy (non-hydrogen) atoms. The van der Waals surface area contributed by atoms with E-state index in [-0.39, 0.29) is 17.9 Å². The summed E-state index contributed by atoms with van der Waals surface area (Å²) in [6.45, 7) is 6.53. The second kappa shape index (κ2) is 6.66. The molecule has 0 unspecified atom stereocenters. The number of anilines is 1. The molecule has 1 saturated carbocycles. The molecule has 1 aromatic rings. The molecule has 1 atom stereocenters. The Hall–Kier alpha value is -1.70. The van der Waals surface area contributed by atoms with Gasteiger partial charge in [0.1, 0.15) is 10.6 Å². The SMILES string of the molecule is CC(C)(C)OC(=O)N1CCC[C@H](C(=O)Nc2nnc(C3CC3)s2)C1. The van der Waals surface area contributed by atoms with E-state index in [4.69, 9.17) is 4.74 Å². The summed E-state index contributed by atoms with van der Waals surface area (Å²) in [5.74, 6) is 0.201. The van der Waals surface area contributed by atoms with Crippen LogP contribution in [0, 0.1) is 5.92 Å². The maximum absolute atomic E-state index is 12.5. The van der Waals surface area contributed by atoms with E-state index in [9.17, 15) is 9.59 Å². The van der Waals surface area contributed by atoms with Gasteiger partial charge in [-0.2, -0.15) is 0 Å². The third-order valence-corrected chi connectivity index (χ3v) is 5.04. The van der Waals surface area contributed by atoms with Crippen LogP contribution in [0.15, 0.2) is 0 Å². The highest BCUT2D eigenvalue weighted by Gasteiger charge is 2.32. The zero-order valence-corrected chi connectivity index (χ0v) is 15.2. The first-order chi connectivity index (χ1) is 11.3. The second-order valence-corrected chi connectivity index (χ2v) is 8.48. The maximum Gasteiger partial charge on any atom is 0.410 e. The number of piperidine rings is 1. The van der Waals surface area contributed by atoms with E-state index < -0.39 is 5.60 Å². The maximum atomic E-state index is 12.5. The van der Waals surface area contributed by atoms with E-state index in [0.29, 0.717) is 24.1 Å². The van der Waals surface area contributed by atoms with E-state index in [1.54, 1.807) is 4.90 Å². The molecule has 1 aromatic heterocycles. The van der Waals surface area contributed by atoms with Gasteiger partial charge in [0.2, 0.25) is 11.0 Å². The predicted octanol–water partition coefficient (Wildman–Crippen LogP) is 3.00. The van der Waals surface area contributed by atoms with Gasteiger partial charge in [-0.3, -0.25) is 4.79 Å². The average molecular weight is 352 g/mol. The minimum Gasteiger partial charge on any atom is -0.444 e. The predicted molar refractivity (Wildman–Crippen MR) is 91.0 cm³/mol. The Morgan fingerprint density at radius 2 is 2.00 bits per heavy atom. The highest BCUT2D eigenvalue weighted by atomic mass is 32.1. The summed E-state index contributed by atoms with van der Waals surface area (Å²) < 4.78 is 5.40. The lowest BCUT2D eigenvalue weighted by molar-refractivity contribution is -0.121. The molecular weight excluding hydrogens is 328 g/mol. The van der Waals surface area contributed by atoms with Crippen LogP contribution in [0.1, 0.15) is 57.4 Å². The van der Waals surface area contributed by atoms with Crippen LogP contribution in [-0.4, -0.2) is 45.8 Å².